The second kappa shape index (κ2) is 6.45. The lowest BCUT2D eigenvalue weighted by atomic mass is 10.0. The number of ketones is 2. The first-order valence-electron chi connectivity index (χ1n) is 7.30. The molecule has 3 fully saturated rings. The van der Waals surface area contributed by atoms with Crippen LogP contribution < -0.4 is 0 Å². The quantitative estimate of drug-likeness (QED) is 0.378. The van der Waals surface area contributed by atoms with E-state index >= 15 is 0 Å². The van der Waals surface area contributed by atoms with Crippen LogP contribution in [0.4, 0.5) is 13.2 Å². The summed E-state index contributed by atoms with van der Waals surface area (Å²) in [7, 11) is 0. The molecule has 0 saturated carbocycles. The SMILES string of the molecule is B.O=C(O)C(F)(F)F.O=C1C=C(N2CC2)C(=O)C(N2CC2)=C1N1CC1. The fourth-order valence-corrected chi connectivity index (χ4v) is 2.28. The number of rotatable bonds is 3. The van der Waals surface area contributed by atoms with Crippen LogP contribution in [0.1, 0.15) is 0 Å². The smallest absolute Gasteiger partial charge is 0.475 e. The van der Waals surface area contributed by atoms with Gasteiger partial charge < -0.3 is 19.8 Å². The summed E-state index contributed by atoms with van der Waals surface area (Å²) >= 11 is 0. The van der Waals surface area contributed by atoms with E-state index in [4.69, 9.17) is 9.90 Å². The molecule has 3 heterocycles. The average molecular weight is 359 g/mol. The first-order chi connectivity index (χ1) is 11.2. The highest BCUT2D eigenvalue weighted by Gasteiger charge is 2.43. The van der Waals surface area contributed by atoms with E-state index in [-0.39, 0.29) is 20.0 Å². The zero-order valence-electron chi connectivity index (χ0n) is 12.5. The Morgan fingerprint density at radius 2 is 1.32 bits per heavy atom. The van der Waals surface area contributed by atoms with E-state index in [0.717, 1.165) is 39.3 Å². The molecule has 0 aromatic heterocycles. The number of Topliss-reactive ketones (excluding diaryl/α,β-unsaturated/α-hetero) is 1. The summed E-state index contributed by atoms with van der Waals surface area (Å²) in [5.74, 6) is -2.71. The van der Waals surface area contributed by atoms with E-state index < -0.39 is 12.1 Å². The fourth-order valence-electron chi connectivity index (χ4n) is 2.28. The van der Waals surface area contributed by atoms with Crippen molar-refractivity contribution < 1.29 is 32.7 Å². The largest absolute Gasteiger partial charge is 0.490 e. The monoisotopic (exact) mass is 359 g/mol. The molecule has 0 unspecified atom stereocenters. The van der Waals surface area contributed by atoms with Gasteiger partial charge in [-0.1, -0.05) is 0 Å². The van der Waals surface area contributed by atoms with Gasteiger partial charge in [-0.05, 0) is 0 Å². The van der Waals surface area contributed by atoms with Crippen LogP contribution in [-0.4, -0.2) is 91.2 Å². The Labute approximate surface area is 142 Å². The number of alkyl halides is 3. The van der Waals surface area contributed by atoms with E-state index in [1.807, 2.05) is 14.7 Å². The second-order valence-electron chi connectivity index (χ2n) is 5.68. The van der Waals surface area contributed by atoms with Gasteiger partial charge in [0.1, 0.15) is 11.4 Å². The van der Waals surface area contributed by atoms with Crippen molar-refractivity contribution in [2.75, 3.05) is 39.3 Å². The molecule has 136 valence electrons. The molecular formula is C14H17BF3N3O4. The third kappa shape index (κ3) is 4.15. The molecule has 0 aromatic rings. The summed E-state index contributed by atoms with van der Waals surface area (Å²) in [6.45, 7) is 5.41. The molecule has 4 aliphatic rings. The Morgan fingerprint density at radius 3 is 1.68 bits per heavy atom. The van der Waals surface area contributed by atoms with Crippen LogP contribution in [-0.2, 0) is 14.4 Å². The standard InChI is InChI=1S/C12H13N3O2.C2HF3O2.BH3/c16-9-7-8(13-1-2-13)12(17)11(15-5-6-15)10(9)14-3-4-14;3-2(4,5)1(6)7;/h7H,1-6H2;(H,6,7);1H3. The maximum atomic E-state index is 12.4. The number of nitrogens with zero attached hydrogens (tertiary/aromatic N) is 3. The number of carboxylic acids is 1. The number of hydrogen-bond donors (Lipinski definition) is 1. The summed E-state index contributed by atoms with van der Waals surface area (Å²) in [6, 6.07) is 0. The van der Waals surface area contributed by atoms with Gasteiger partial charge in [0.2, 0.25) is 11.6 Å². The lowest BCUT2D eigenvalue weighted by molar-refractivity contribution is -0.192. The van der Waals surface area contributed by atoms with Gasteiger partial charge in [0.05, 0.1) is 14.1 Å². The number of hydrogen-bond acceptors (Lipinski definition) is 6. The third-order valence-electron chi connectivity index (χ3n) is 3.73. The molecule has 0 bridgehead atoms. The van der Waals surface area contributed by atoms with Crippen LogP contribution in [0.2, 0.25) is 0 Å². The molecule has 0 spiro atoms. The fraction of sp³-hybridized carbons (Fsp3) is 0.500. The highest BCUT2D eigenvalue weighted by molar-refractivity contribution is 6.22. The van der Waals surface area contributed by atoms with Crippen LogP contribution >= 0.6 is 0 Å². The molecule has 1 aliphatic carbocycles. The van der Waals surface area contributed by atoms with Gasteiger partial charge in [-0.25, -0.2) is 4.79 Å². The van der Waals surface area contributed by atoms with Crippen molar-refractivity contribution in [2.24, 2.45) is 0 Å². The summed E-state index contributed by atoms with van der Waals surface area (Å²) < 4.78 is 31.7. The Bertz CT molecular complexity index is 677. The number of aliphatic carboxylic acids is 1. The minimum absolute atomic E-state index is 0. The maximum Gasteiger partial charge on any atom is 0.490 e. The van der Waals surface area contributed by atoms with Crippen LogP contribution in [0, 0.1) is 0 Å². The minimum atomic E-state index is -5.08. The van der Waals surface area contributed by atoms with Gasteiger partial charge in [-0.3, -0.25) is 9.59 Å². The molecule has 3 saturated heterocycles. The molecule has 0 aromatic carbocycles. The minimum Gasteiger partial charge on any atom is -0.475 e. The van der Waals surface area contributed by atoms with Gasteiger partial charge >= 0.3 is 12.1 Å². The molecule has 25 heavy (non-hydrogen) atoms. The Hall–Kier alpha value is -2.46. The summed E-state index contributed by atoms with van der Waals surface area (Å²) in [5.41, 5.74) is 1.89. The number of carbonyl (C=O) groups excluding carboxylic acids is 2. The molecule has 7 nitrogen and oxygen atoms in total. The Morgan fingerprint density at radius 1 is 0.920 bits per heavy atom. The van der Waals surface area contributed by atoms with Crippen molar-refractivity contribution >= 4 is 25.9 Å². The molecule has 1 N–H and O–H groups in total. The summed E-state index contributed by atoms with van der Waals surface area (Å²) in [5, 5.41) is 7.12. The number of halogens is 3. The Kier molecular flexibility index (Phi) is 4.87. The third-order valence-corrected chi connectivity index (χ3v) is 3.73. The molecule has 3 aliphatic heterocycles. The van der Waals surface area contributed by atoms with Gasteiger partial charge in [0, 0.05) is 45.3 Å². The zero-order chi connectivity index (χ0) is 17.6. The van der Waals surface area contributed by atoms with Crippen molar-refractivity contribution in [3.8, 4) is 0 Å². The normalized spacial score (nSPS) is 21.2. The lowest BCUT2D eigenvalue weighted by Crippen LogP contribution is -2.29. The van der Waals surface area contributed by atoms with Gasteiger partial charge in [0.15, 0.2) is 0 Å². The van der Waals surface area contributed by atoms with Crippen LogP contribution in [0.5, 0.6) is 0 Å². The molecule has 4 rings (SSSR count). The van der Waals surface area contributed by atoms with E-state index in [1.54, 1.807) is 0 Å². The zero-order valence-corrected chi connectivity index (χ0v) is 12.5. The van der Waals surface area contributed by atoms with Crippen LogP contribution in [0.15, 0.2) is 23.2 Å². The molecule has 11 heteroatoms. The Balaban J connectivity index is 0.000000246. The summed E-state index contributed by atoms with van der Waals surface area (Å²) in [4.78, 5) is 39.4. The predicted octanol–water partition coefficient (Wildman–Crippen LogP) is -1.37. The summed E-state index contributed by atoms with van der Waals surface area (Å²) in [6.07, 6.45) is -3.56. The van der Waals surface area contributed by atoms with Crippen LogP contribution in [0.3, 0.4) is 0 Å². The van der Waals surface area contributed by atoms with E-state index in [2.05, 4.69) is 0 Å². The molecule has 0 amide bonds. The van der Waals surface area contributed by atoms with Crippen molar-refractivity contribution in [3.05, 3.63) is 23.2 Å². The lowest BCUT2D eigenvalue weighted by Gasteiger charge is -2.21. The van der Waals surface area contributed by atoms with Crippen molar-refractivity contribution in [3.63, 3.8) is 0 Å². The molecule has 0 radical (unpaired) electrons. The van der Waals surface area contributed by atoms with Crippen molar-refractivity contribution in [1.29, 1.82) is 0 Å². The predicted molar refractivity (Wildman–Crippen MR) is 83.5 cm³/mol. The van der Waals surface area contributed by atoms with E-state index in [1.165, 1.54) is 6.08 Å². The highest BCUT2D eigenvalue weighted by atomic mass is 19.4. The van der Waals surface area contributed by atoms with Gasteiger partial charge in [0.25, 0.3) is 0 Å². The first-order valence-corrected chi connectivity index (χ1v) is 7.30. The van der Waals surface area contributed by atoms with E-state index in [0.29, 0.717) is 17.1 Å². The first kappa shape index (κ1) is 18.9. The van der Waals surface area contributed by atoms with Crippen molar-refractivity contribution in [1.82, 2.24) is 14.7 Å². The number of carboxylic acid groups (broad SMARTS) is 1. The maximum absolute atomic E-state index is 12.4. The average Bonchev–Trinajstić information content (AvgIpc) is 3.36. The van der Waals surface area contributed by atoms with E-state index in [9.17, 15) is 22.8 Å². The molecular weight excluding hydrogens is 342 g/mol. The number of carbonyl (C=O) groups is 3. The second-order valence-corrected chi connectivity index (χ2v) is 5.68. The van der Waals surface area contributed by atoms with Gasteiger partial charge in [-0.2, -0.15) is 13.2 Å². The van der Waals surface area contributed by atoms with Crippen LogP contribution in [0.25, 0.3) is 0 Å². The topological polar surface area (TPSA) is 80.5 Å². The van der Waals surface area contributed by atoms with Crippen molar-refractivity contribution in [2.45, 2.75) is 6.18 Å². The number of allylic oxidation sites excluding steroid dienone is 1. The van der Waals surface area contributed by atoms with Gasteiger partial charge in [-0.15, -0.1) is 0 Å². The molecule has 0 atom stereocenters. The highest BCUT2D eigenvalue weighted by Crippen LogP contribution is 2.33.